The molecular weight excluding hydrogens is 288 g/mol. The highest BCUT2D eigenvalue weighted by molar-refractivity contribution is 5.96. The van der Waals surface area contributed by atoms with Crippen LogP contribution in [0.15, 0.2) is 60.7 Å². The van der Waals surface area contributed by atoms with Gasteiger partial charge in [-0.1, -0.05) is 48.5 Å². The van der Waals surface area contributed by atoms with Crippen LogP contribution < -0.4 is 10.6 Å². The minimum absolute atomic E-state index is 0.00139. The molecule has 23 heavy (non-hydrogen) atoms. The number of rotatable bonds is 6. The normalized spacial score (nSPS) is 14.8. The summed E-state index contributed by atoms with van der Waals surface area (Å²) < 4.78 is 0. The summed E-state index contributed by atoms with van der Waals surface area (Å²) >= 11 is 0. The smallest absolute Gasteiger partial charge is 0.251 e. The largest absolute Gasteiger partial charge is 0.354 e. The molecule has 0 aromatic heterocycles. The van der Waals surface area contributed by atoms with Crippen LogP contribution >= 0.6 is 0 Å². The van der Waals surface area contributed by atoms with Gasteiger partial charge in [-0.25, -0.2) is 0 Å². The van der Waals surface area contributed by atoms with Crippen LogP contribution in [-0.4, -0.2) is 24.9 Å². The zero-order chi connectivity index (χ0) is 16.1. The highest BCUT2D eigenvalue weighted by Gasteiger charge is 2.44. The molecule has 1 saturated carbocycles. The first-order valence-corrected chi connectivity index (χ1v) is 7.85. The van der Waals surface area contributed by atoms with E-state index < -0.39 is 0 Å². The van der Waals surface area contributed by atoms with Gasteiger partial charge in [0.05, 0.1) is 6.54 Å². The first-order chi connectivity index (χ1) is 11.2. The van der Waals surface area contributed by atoms with Crippen LogP contribution in [-0.2, 0) is 10.2 Å². The lowest BCUT2D eigenvalue weighted by Crippen LogP contribution is -2.40. The van der Waals surface area contributed by atoms with Crippen molar-refractivity contribution < 1.29 is 9.59 Å². The van der Waals surface area contributed by atoms with E-state index in [1.807, 2.05) is 24.3 Å². The molecule has 2 amide bonds. The zero-order valence-electron chi connectivity index (χ0n) is 12.9. The fourth-order valence-corrected chi connectivity index (χ4v) is 2.69. The molecule has 0 unspecified atom stereocenters. The maximum Gasteiger partial charge on any atom is 0.251 e. The third-order valence-corrected chi connectivity index (χ3v) is 4.31. The summed E-state index contributed by atoms with van der Waals surface area (Å²) in [7, 11) is 0. The molecular formula is C19H20N2O2. The van der Waals surface area contributed by atoms with Crippen LogP contribution in [0.4, 0.5) is 0 Å². The highest BCUT2D eigenvalue weighted by Crippen LogP contribution is 2.47. The van der Waals surface area contributed by atoms with Crippen LogP contribution in [0.25, 0.3) is 0 Å². The summed E-state index contributed by atoms with van der Waals surface area (Å²) in [5.41, 5.74) is 1.91. The van der Waals surface area contributed by atoms with E-state index in [1.54, 1.807) is 24.3 Å². The molecule has 0 radical (unpaired) electrons. The predicted octanol–water partition coefficient (Wildman–Crippen LogP) is 2.26. The van der Waals surface area contributed by atoms with Crippen molar-refractivity contribution in [1.82, 2.24) is 10.6 Å². The molecule has 0 heterocycles. The summed E-state index contributed by atoms with van der Waals surface area (Å²) in [4.78, 5) is 23.9. The molecule has 1 aliphatic carbocycles. The van der Waals surface area contributed by atoms with Crippen molar-refractivity contribution in [2.75, 3.05) is 13.1 Å². The fourth-order valence-electron chi connectivity index (χ4n) is 2.69. The maximum absolute atomic E-state index is 12.0. The molecule has 2 aromatic rings. The fraction of sp³-hybridized carbons (Fsp3) is 0.263. The average Bonchev–Trinajstić information content (AvgIpc) is 3.41. The topological polar surface area (TPSA) is 58.2 Å². The molecule has 1 aliphatic rings. The summed E-state index contributed by atoms with van der Waals surface area (Å²) in [6.45, 7) is 0.621. The lowest BCUT2D eigenvalue weighted by atomic mass is 9.96. The molecule has 118 valence electrons. The number of benzene rings is 2. The van der Waals surface area contributed by atoms with E-state index in [2.05, 4.69) is 22.8 Å². The SMILES string of the molecule is O=C(CNC(=O)c1ccccc1)NCC1(c2ccccc2)CC1. The Balaban J connectivity index is 1.46. The summed E-state index contributed by atoms with van der Waals surface area (Å²) in [5, 5.41) is 5.58. The Labute approximate surface area is 135 Å². The van der Waals surface area contributed by atoms with E-state index in [1.165, 1.54) is 5.56 Å². The molecule has 4 nitrogen and oxygen atoms in total. The maximum atomic E-state index is 12.0. The van der Waals surface area contributed by atoms with Gasteiger partial charge in [-0.2, -0.15) is 0 Å². The van der Waals surface area contributed by atoms with E-state index >= 15 is 0 Å². The van der Waals surface area contributed by atoms with Crippen molar-refractivity contribution in [2.24, 2.45) is 0 Å². The molecule has 1 fully saturated rings. The summed E-state index contributed by atoms with van der Waals surface area (Å²) in [6.07, 6.45) is 2.18. The third-order valence-electron chi connectivity index (χ3n) is 4.31. The van der Waals surface area contributed by atoms with E-state index in [0.29, 0.717) is 12.1 Å². The van der Waals surface area contributed by atoms with Crippen LogP contribution in [0.1, 0.15) is 28.8 Å². The van der Waals surface area contributed by atoms with Crippen LogP contribution in [0.3, 0.4) is 0 Å². The van der Waals surface area contributed by atoms with Gasteiger partial charge >= 0.3 is 0 Å². The number of carbonyl (C=O) groups excluding carboxylic acids is 2. The minimum Gasteiger partial charge on any atom is -0.354 e. The molecule has 0 atom stereocenters. The Morgan fingerprint density at radius 2 is 1.48 bits per heavy atom. The van der Waals surface area contributed by atoms with E-state index in [-0.39, 0.29) is 23.8 Å². The lowest BCUT2D eigenvalue weighted by molar-refractivity contribution is -0.120. The van der Waals surface area contributed by atoms with E-state index in [9.17, 15) is 9.59 Å². The van der Waals surface area contributed by atoms with Gasteiger partial charge in [0.2, 0.25) is 5.91 Å². The van der Waals surface area contributed by atoms with Gasteiger partial charge in [-0.05, 0) is 30.5 Å². The molecule has 3 rings (SSSR count). The highest BCUT2D eigenvalue weighted by atomic mass is 16.2. The predicted molar refractivity (Wildman–Crippen MR) is 89.1 cm³/mol. The Kier molecular flexibility index (Phi) is 4.42. The van der Waals surface area contributed by atoms with Gasteiger partial charge in [0.25, 0.3) is 5.91 Å². The van der Waals surface area contributed by atoms with Crippen molar-refractivity contribution in [3.63, 3.8) is 0 Å². The van der Waals surface area contributed by atoms with Gasteiger partial charge in [0.1, 0.15) is 0 Å². The molecule has 4 heteroatoms. The second-order valence-electron chi connectivity index (χ2n) is 5.97. The number of hydrogen-bond donors (Lipinski definition) is 2. The van der Waals surface area contributed by atoms with Gasteiger partial charge in [-0.3, -0.25) is 9.59 Å². The van der Waals surface area contributed by atoms with Crippen molar-refractivity contribution in [3.05, 3.63) is 71.8 Å². The third kappa shape index (κ3) is 3.77. The lowest BCUT2D eigenvalue weighted by Gasteiger charge is -2.16. The van der Waals surface area contributed by atoms with Gasteiger partial charge < -0.3 is 10.6 Å². The molecule has 2 aromatic carbocycles. The van der Waals surface area contributed by atoms with Crippen LogP contribution in [0.2, 0.25) is 0 Å². The van der Waals surface area contributed by atoms with E-state index in [4.69, 9.17) is 0 Å². The van der Waals surface area contributed by atoms with Crippen molar-refractivity contribution in [3.8, 4) is 0 Å². The molecule has 0 aliphatic heterocycles. The zero-order valence-corrected chi connectivity index (χ0v) is 12.9. The Bertz CT molecular complexity index is 679. The number of amides is 2. The first kappa shape index (κ1) is 15.3. The van der Waals surface area contributed by atoms with Crippen molar-refractivity contribution in [2.45, 2.75) is 18.3 Å². The standard InChI is InChI=1S/C19H20N2O2/c22-17(13-20-18(23)15-7-3-1-4-8-15)21-14-19(11-12-19)16-9-5-2-6-10-16/h1-10H,11-14H2,(H,20,23)(H,21,22). The second kappa shape index (κ2) is 6.65. The van der Waals surface area contributed by atoms with Crippen LogP contribution in [0.5, 0.6) is 0 Å². The van der Waals surface area contributed by atoms with Crippen molar-refractivity contribution >= 4 is 11.8 Å². The number of carbonyl (C=O) groups is 2. The summed E-state index contributed by atoms with van der Waals surface area (Å²) in [5.74, 6) is -0.388. The van der Waals surface area contributed by atoms with Gasteiger partial charge in [-0.15, -0.1) is 0 Å². The minimum atomic E-state index is -0.232. The molecule has 0 saturated heterocycles. The molecule has 0 spiro atoms. The quantitative estimate of drug-likeness (QED) is 0.860. The number of hydrogen-bond acceptors (Lipinski definition) is 2. The first-order valence-electron chi connectivity index (χ1n) is 7.85. The van der Waals surface area contributed by atoms with Gasteiger partial charge in [0, 0.05) is 17.5 Å². The van der Waals surface area contributed by atoms with Crippen LogP contribution in [0, 0.1) is 0 Å². The summed E-state index contributed by atoms with van der Waals surface area (Å²) in [6, 6.07) is 19.2. The molecule has 2 N–H and O–H groups in total. The average molecular weight is 308 g/mol. The monoisotopic (exact) mass is 308 g/mol. The number of nitrogens with one attached hydrogen (secondary N) is 2. The Hall–Kier alpha value is -2.62. The molecule has 0 bridgehead atoms. The van der Waals surface area contributed by atoms with E-state index in [0.717, 1.165) is 12.8 Å². The Morgan fingerprint density at radius 3 is 2.09 bits per heavy atom. The van der Waals surface area contributed by atoms with Crippen molar-refractivity contribution in [1.29, 1.82) is 0 Å². The van der Waals surface area contributed by atoms with Gasteiger partial charge in [0.15, 0.2) is 0 Å². The second-order valence-corrected chi connectivity index (χ2v) is 5.97. The Morgan fingerprint density at radius 1 is 0.870 bits per heavy atom.